The fourth-order valence-corrected chi connectivity index (χ4v) is 2.45. The van der Waals surface area contributed by atoms with Crippen LogP contribution in [0, 0.1) is 0 Å². The molecule has 132 valence electrons. The third kappa shape index (κ3) is 4.81. The van der Waals surface area contributed by atoms with Crippen LogP contribution in [0.5, 0.6) is 0 Å². The Morgan fingerprint density at radius 2 is 1.88 bits per heavy atom. The van der Waals surface area contributed by atoms with Gasteiger partial charge in [0.1, 0.15) is 12.1 Å². The molecule has 1 aromatic carbocycles. The molecular formula is C18H25NO5. The Hall–Kier alpha value is -2.37. The molecule has 6 heteroatoms. The highest BCUT2D eigenvalue weighted by Gasteiger charge is 2.45. The normalized spacial score (nSPS) is 17.7. The average Bonchev–Trinajstić information content (AvgIpc) is 2.84. The van der Waals surface area contributed by atoms with Crippen molar-refractivity contribution in [1.29, 1.82) is 0 Å². The van der Waals surface area contributed by atoms with Gasteiger partial charge in [-0.3, -0.25) is 4.90 Å². The minimum absolute atomic E-state index is 0.214. The van der Waals surface area contributed by atoms with Crippen molar-refractivity contribution in [2.45, 2.75) is 52.6 Å². The molecule has 0 bridgehead atoms. The van der Waals surface area contributed by atoms with E-state index >= 15 is 0 Å². The van der Waals surface area contributed by atoms with Crippen molar-refractivity contribution >= 4 is 18.0 Å². The lowest BCUT2D eigenvalue weighted by molar-refractivity contribution is -0.149. The number of ether oxygens (including phenoxy) is 2. The maximum atomic E-state index is 12.2. The molecule has 0 N–H and O–H groups in total. The van der Waals surface area contributed by atoms with Crippen molar-refractivity contribution in [1.82, 2.24) is 4.90 Å². The summed E-state index contributed by atoms with van der Waals surface area (Å²) in [6, 6.07) is 8.01. The van der Waals surface area contributed by atoms with Crippen LogP contribution in [0.15, 0.2) is 30.3 Å². The van der Waals surface area contributed by atoms with E-state index in [1.807, 2.05) is 44.2 Å². The highest BCUT2D eigenvalue weighted by molar-refractivity contribution is 5.97. The number of rotatable bonds is 6. The Balaban J connectivity index is 0.00000139. The third-order valence-corrected chi connectivity index (χ3v) is 3.60. The van der Waals surface area contributed by atoms with E-state index < -0.39 is 30.1 Å². The van der Waals surface area contributed by atoms with Gasteiger partial charge in [-0.15, -0.1) is 0 Å². The highest BCUT2D eigenvalue weighted by atomic mass is 16.6. The molecule has 2 rings (SSSR count). The van der Waals surface area contributed by atoms with Gasteiger partial charge in [-0.2, -0.15) is 0 Å². The lowest BCUT2D eigenvalue weighted by Crippen LogP contribution is -2.47. The van der Waals surface area contributed by atoms with Crippen LogP contribution in [0.3, 0.4) is 0 Å². The van der Waals surface area contributed by atoms with Gasteiger partial charge in [0, 0.05) is 0 Å². The van der Waals surface area contributed by atoms with E-state index in [1.54, 1.807) is 13.8 Å². The summed E-state index contributed by atoms with van der Waals surface area (Å²) in [6.45, 7) is 7.46. The van der Waals surface area contributed by atoms with Crippen LogP contribution in [0.1, 0.15) is 39.7 Å². The lowest BCUT2D eigenvalue weighted by Gasteiger charge is -2.26. The fourth-order valence-electron chi connectivity index (χ4n) is 2.45. The zero-order chi connectivity index (χ0) is 18.1. The van der Waals surface area contributed by atoms with Gasteiger partial charge >= 0.3 is 18.0 Å². The van der Waals surface area contributed by atoms with E-state index in [9.17, 15) is 14.4 Å². The smallest absolute Gasteiger partial charge is 0.419 e. The van der Waals surface area contributed by atoms with E-state index in [-0.39, 0.29) is 6.61 Å². The van der Waals surface area contributed by atoms with Crippen molar-refractivity contribution in [3.8, 4) is 0 Å². The molecule has 24 heavy (non-hydrogen) atoms. The molecule has 2 atom stereocenters. The van der Waals surface area contributed by atoms with Crippen molar-refractivity contribution in [2.24, 2.45) is 0 Å². The molecule has 1 aliphatic rings. The summed E-state index contributed by atoms with van der Waals surface area (Å²) in [5.41, 5.74) is 1.04. The molecule has 1 heterocycles. The summed E-state index contributed by atoms with van der Waals surface area (Å²) in [4.78, 5) is 36.7. The Bertz CT molecular complexity index is 558. The van der Waals surface area contributed by atoms with Gasteiger partial charge in [0.05, 0.1) is 6.61 Å². The number of carbonyl (C=O) groups excluding carboxylic acids is 3. The molecular weight excluding hydrogens is 310 g/mol. The Morgan fingerprint density at radius 3 is 2.38 bits per heavy atom. The predicted octanol–water partition coefficient (Wildman–Crippen LogP) is 2.94. The molecule has 0 saturated carbocycles. The zero-order valence-corrected chi connectivity index (χ0v) is 14.7. The van der Waals surface area contributed by atoms with Crippen LogP contribution >= 0.6 is 0 Å². The van der Waals surface area contributed by atoms with Crippen LogP contribution < -0.4 is 0 Å². The molecule has 0 aromatic heterocycles. The Kier molecular flexibility index (Phi) is 7.95. The monoisotopic (exact) mass is 335 g/mol. The number of hydrogen-bond donors (Lipinski definition) is 0. The van der Waals surface area contributed by atoms with Crippen LogP contribution in [0.2, 0.25) is 0 Å². The number of nitrogens with zero attached hydrogens (tertiary/aromatic N) is 1. The minimum atomic E-state index is -0.825. The predicted molar refractivity (Wildman–Crippen MR) is 89.3 cm³/mol. The molecule has 2 unspecified atom stereocenters. The Morgan fingerprint density at radius 1 is 1.25 bits per heavy atom. The number of amides is 1. The molecule has 0 radical (unpaired) electrons. The maximum Gasteiger partial charge on any atom is 0.419 e. The molecule has 0 aliphatic carbocycles. The summed E-state index contributed by atoms with van der Waals surface area (Å²) < 4.78 is 9.62. The number of aryl methyl sites for hydroxylation is 1. The summed E-state index contributed by atoms with van der Waals surface area (Å²) in [5, 5.41) is 0. The summed E-state index contributed by atoms with van der Waals surface area (Å²) in [7, 11) is 0. The molecule has 1 aromatic rings. The zero-order valence-electron chi connectivity index (χ0n) is 14.7. The standard InChI is InChI=1S/C16H19NO5.C2H6/c1-3-21-15(19)13(10-9-12-7-5-4-6-8-12)17-11(2)14(18)22-16(17)20;1-2/h4-8,11,13H,3,9-10H2,1-2H3;1-2H3. The fraction of sp³-hybridized carbons (Fsp3) is 0.500. The second-order valence-electron chi connectivity index (χ2n) is 5.06. The number of carbonyl (C=O) groups is 3. The number of benzene rings is 1. The minimum Gasteiger partial charge on any atom is -0.464 e. The van der Waals surface area contributed by atoms with E-state index in [0.717, 1.165) is 5.56 Å². The first kappa shape index (κ1) is 19.7. The second-order valence-corrected chi connectivity index (χ2v) is 5.06. The largest absolute Gasteiger partial charge is 0.464 e. The van der Waals surface area contributed by atoms with Crippen molar-refractivity contribution in [2.75, 3.05) is 6.61 Å². The molecule has 1 aliphatic heterocycles. The van der Waals surface area contributed by atoms with Crippen molar-refractivity contribution < 1.29 is 23.9 Å². The van der Waals surface area contributed by atoms with Crippen molar-refractivity contribution in [3.63, 3.8) is 0 Å². The van der Waals surface area contributed by atoms with Gasteiger partial charge in [0.15, 0.2) is 0 Å². The van der Waals surface area contributed by atoms with Gasteiger partial charge in [0.2, 0.25) is 0 Å². The number of cyclic esters (lactones) is 2. The molecule has 0 spiro atoms. The molecule has 1 fully saturated rings. The van der Waals surface area contributed by atoms with E-state index in [2.05, 4.69) is 4.74 Å². The van der Waals surface area contributed by atoms with Crippen LogP contribution in [-0.4, -0.2) is 41.6 Å². The first-order chi connectivity index (χ1) is 11.5. The second kappa shape index (κ2) is 9.70. The van der Waals surface area contributed by atoms with Gasteiger partial charge < -0.3 is 9.47 Å². The first-order valence-corrected chi connectivity index (χ1v) is 8.29. The van der Waals surface area contributed by atoms with Crippen LogP contribution in [-0.2, 0) is 25.5 Å². The topological polar surface area (TPSA) is 72.9 Å². The van der Waals surface area contributed by atoms with Gasteiger partial charge in [-0.05, 0) is 32.3 Å². The number of esters is 2. The quantitative estimate of drug-likeness (QED) is 0.590. The third-order valence-electron chi connectivity index (χ3n) is 3.60. The van der Waals surface area contributed by atoms with Crippen molar-refractivity contribution in [3.05, 3.63) is 35.9 Å². The highest BCUT2D eigenvalue weighted by Crippen LogP contribution is 2.21. The average molecular weight is 335 g/mol. The van der Waals surface area contributed by atoms with E-state index in [1.165, 1.54) is 4.90 Å². The molecule has 6 nitrogen and oxygen atoms in total. The number of hydrogen-bond acceptors (Lipinski definition) is 5. The lowest BCUT2D eigenvalue weighted by atomic mass is 10.0. The SMILES string of the molecule is CC.CCOC(=O)C(CCc1ccccc1)N1C(=O)OC(=O)C1C. The van der Waals surface area contributed by atoms with E-state index in [0.29, 0.717) is 12.8 Å². The summed E-state index contributed by atoms with van der Waals surface area (Å²) in [6.07, 6.45) is 0.175. The summed E-state index contributed by atoms with van der Waals surface area (Å²) in [5.74, 6) is -1.16. The molecule has 1 saturated heterocycles. The van der Waals surface area contributed by atoms with Crippen LogP contribution in [0.4, 0.5) is 4.79 Å². The van der Waals surface area contributed by atoms with E-state index in [4.69, 9.17) is 4.74 Å². The van der Waals surface area contributed by atoms with Gasteiger partial charge in [0.25, 0.3) is 0 Å². The molecule has 1 amide bonds. The van der Waals surface area contributed by atoms with Gasteiger partial charge in [-0.25, -0.2) is 14.4 Å². The first-order valence-electron chi connectivity index (χ1n) is 8.29. The summed E-state index contributed by atoms with van der Waals surface area (Å²) >= 11 is 0. The maximum absolute atomic E-state index is 12.2. The Labute approximate surface area is 142 Å². The van der Waals surface area contributed by atoms with Gasteiger partial charge in [-0.1, -0.05) is 44.2 Å². The van der Waals surface area contributed by atoms with Crippen LogP contribution in [0.25, 0.3) is 0 Å².